The van der Waals surface area contributed by atoms with Crippen molar-refractivity contribution < 1.29 is 9.15 Å². The first kappa shape index (κ1) is 17.1. The van der Waals surface area contributed by atoms with Crippen molar-refractivity contribution >= 4 is 22.6 Å². The van der Waals surface area contributed by atoms with Gasteiger partial charge in [0.25, 0.3) is 0 Å². The van der Waals surface area contributed by atoms with Gasteiger partial charge in [0.15, 0.2) is 0 Å². The molecule has 0 bridgehead atoms. The molecule has 0 aliphatic carbocycles. The number of aryl methyl sites for hydroxylation is 1. The van der Waals surface area contributed by atoms with E-state index in [0.29, 0.717) is 18.9 Å². The number of fused-ring (bicyclic) bond motifs is 3. The zero-order valence-corrected chi connectivity index (χ0v) is 15.4. The Morgan fingerprint density at radius 1 is 1.15 bits per heavy atom. The summed E-state index contributed by atoms with van der Waals surface area (Å²) in [6, 6.07) is 13.4. The van der Waals surface area contributed by atoms with Crippen LogP contribution in [0.3, 0.4) is 0 Å². The summed E-state index contributed by atoms with van der Waals surface area (Å²) in [6.45, 7) is 4.02. The van der Waals surface area contributed by atoms with Crippen LogP contribution in [-0.4, -0.2) is 11.6 Å². The zero-order valence-electron chi connectivity index (χ0n) is 14.6. The smallest absolute Gasteiger partial charge is 0.336 e. The first-order chi connectivity index (χ1) is 12.6. The Bertz CT molecular complexity index is 995. The highest BCUT2D eigenvalue weighted by Crippen LogP contribution is 2.33. The van der Waals surface area contributed by atoms with Crippen LogP contribution in [0.2, 0.25) is 5.02 Å². The van der Waals surface area contributed by atoms with Crippen molar-refractivity contribution in [3.8, 4) is 5.75 Å². The molecule has 1 aromatic heterocycles. The van der Waals surface area contributed by atoms with E-state index in [0.717, 1.165) is 52.2 Å². The second kappa shape index (κ2) is 7.14. The summed E-state index contributed by atoms with van der Waals surface area (Å²) in [6.07, 6.45) is 1.84. The van der Waals surface area contributed by atoms with Gasteiger partial charge in [-0.15, -0.1) is 0 Å². The Hall–Kier alpha value is -2.30. The largest absolute Gasteiger partial charge is 0.478 e. The molecule has 2 heterocycles. The zero-order chi connectivity index (χ0) is 18.1. The molecule has 0 fully saturated rings. The first-order valence-electron chi connectivity index (χ1n) is 8.82. The fraction of sp³-hybridized carbons (Fsp3) is 0.286. The number of halogens is 1. The van der Waals surface area contributed by atoms with E-state index >= 15 is 0 Å². The third-order valence-corrected chi connectivity index (χ3v) is 4.93. The number of benzene rings is 2. The summed E-state index contributed by atoms with van der Waals surface area (Å²) < 4.78 is 11.5. The van der Waals surface area contributed by atoms with Crippen LogP contribution in [0.5, 0.6) is 5.75 Å². The average Bonchev–Trinajstić information content (AvgIpc) is 2.64. The highest BCUT2D eigenvalue weighted by Gasteiger charge is 2.22. The summed E-state index contributed by atoms with van der Waals surface area (Å²) in [5, 5.41) is 1.73. The van der Waals surface area contributed by atoms with Crippen LogP contribution in [0, 0.1) is 0 Å². The van der Waals surface area contributed by atoms with E-state index in [2.05, 4.69) is 11.8 Å². The molecule has 0 saturated carbocycles. The lowest BCUT2D eigenvalue weighted by Gasteiger charge is -2.29. The molecule has 0 radical (unpaired) electrons. The number of ether oxygens (including phenoxy) is 1. The van der Waals surface area contributed by atoms with Crippen LogP contribution in [0.1, 0.15) is 30.0 Å². The summed E-state index contributed by atoms with van der Waals surface area (Å²) in [5.74, 6) is 0.793. The lowest BCUT2D eigenvalue weighted by atomic mass is 10.0. The van der Waals surface area contributed by atoms with Crippen molar-refractivity contribution in [1.29, 1.82) is 0 Å². The third kappa shape index (κ3) is 3.35. The summed E-state index contributed by atoms with van der Waals surface area (Å²) in [5.41, 5.74) is 3.49. The van der Waals surface area contributed by atoms with Gasteiger partial charge in [-0.05, 0) is 41.8 Å². The van der Waals surface area contributed by atoms with Crippen molar-refractivity contribution in [3.63, 3.8) is 0 Å². The van der Waals surface area contributed by atoms with Crippen molar-refractivity contribution in [2.24, 2.45) is 0 Å². The van der Waals surface area contributed by atoms with Gasteiger partial charge in [0.2, 0.25) is 0 Å². The number of nitrogens with zero attached hydrogens (tertiary/aromatic N) is 1. The van der Waals surface area contributed by atoms with Gasteiger partial charge in [-0.3, -0.25) is 4.90 Å². The molecule has 26 heavy (non-hydrogen) atoms. The lowest BCUT2D eigenvalue weighted by Crippen LogP contribution is -2.31. The van der Waals surface area contributed by atoms with Crippen molar-refractivity contribution in [1.82, 2.24) is 4.90 Å². The minimum atomic E-state index is -0.302. The molecule has 134 valence electrons. The summed E-state index contributed by atoms with van der Waals surface area (Å²) in [7, 11) is 0. The van der Waals surface area contributed by atoms with Crippen LogP contribution in [0.4, 0.5) is 0 Å². The van der Waals surface area contributed by atoms with Crippen molar-refractivity contribution in [3.05, 3.63) is 74.6 Å². The normalized spacial score (nSPS) is 14.2. The molecule has 2 aromatic carbocycles. The maximum atomic E-state index is 12.0. The Balaban J connectivity index is 1.69. The molecule has 0 spiro atoms. The van der Waals surface area contributed by atoms with Crippen LogP contribution >= 0.6 is 11.6 Å². The van der Waals surface area contributed by atoms with E-state index in [-0.39, 0.29) is 5.63 Å². The predicted molar refractivity (Wildman–Crippen MR) is 103 cm³/mol. The van der Waals surface area contributed by atoms with Crippen molar-refractivity contribution in [2.75, 3.05) is 6.73 Å². The van der Waals surface area contributed by atoms with Gasteiger partial charge in [0, 0.05) is 29.6 Å². The highest BCUT2D eigenvalue weighted by atomic mass is 35.5. The van der Waals surface area contributed by atoms with Gasteiger partial charge in [0.1, 0.15) is 18.1 Å². The summed E-state index contributed by atoms with van der Waals surface area (Å²) >= 11 is 5.96. The van der Waals surface area contributed by atoms with Gasteiger partial charge in [-0.1, -0.05) is 37.1 Å². The Labute approximate surface area is 156 Å². The SMILES string of the molecule is CCCc1cc(=O)oc2c3c(ccc12)OCN(Cc1ccc(Cl)cc1)C3. The number of rotatable bonds is 4. The monoisotopic (exact) mass is 369 g/mol. The Kier molecular flexibility index (Phi) is 4.70. The molecule has 0 amide bonds. The Morgan fingerprint density at radius 2 is 1.96 bits per heavy atom. The van der Waals surface area contributed by atoms with Gasteiger partial charge < -0.3 is 9.15 Å². The maximum absolute atomic E-state index is 12.0. The molecule has 5 heteroatoms. The second-order valence-corrected chi connectivity index (χ2v) is 7.08. The lowest BCUT2D eigenvalue weighted by molar-refractivity contribution is 0.0889. The van der Waals surface area contributed by atoms with Crippen LogP contribution in [0.25, 0.3) is 11.0 Å². The van der Waals surface area contributed by atoms with Gasteiger partial charge in [0.05, 0.1) is 5.56 Å². The van der Waals surface area contributed by atoms with E-state index in [1.807, 2.05) is 36.4 Å². The Morgan fingerprint density at radius 3 is 2.73 bits per heavy atom. The molecule has 0 N–H and O–H groups in total. The van der Waals surface area contributed by atoms with Gasteiger partial charge in [-0.2, -0.15) is 0 Å². The molecule has 1 aliphatic heterocycles. The van der Waals surface area contributed by atoms with Gasteiger partial charge >= 0.3 is 5.63 Å². The molecule has 3 aromatic rings. The fourth-order valence-electron chi connectivity index (χ4n) is 3.47. The van der Waals surface area contributed by atoms with E-state index < -0.39 is 0 Å². The molecule has 1 aliphatic rings. The van der Waals surface area contributed by atoms with E-state index in [1.54, 1.807) is 6.07 Å². The topological polar surface area (TPSA) is 42.7 Å². The second-order valence-electron chi connectivity index (χ2n) is 6.65. The minimum absolute atomic E-state index is 0.302. The average molecular weight is 370 g/mol. The molecular formula is C21H20ClNO3. The molecular weight excluding hydrogens is 350 g/mol. The number of hydrogen-bond acceptors (Lipinski definition) is 4. The van der Waals surface area contributed by atoms with Gasteiger partial charge in [-0.25, -0.2) is 4.79 Å². The molecule has 0 saturated heterocycles. The van der Waals surface area contributed by atoms with Crippen LogP contribution in [0.15, 0.2) is 51.7 Å². The van der Waals surface area contributed by atoms with E-state index in [4.69, 9.17) is 20.8 Å². The molecule has 0 unspecified atom stereocenters. The van der Waals surface area contributed by atoms with Crippen LogP contribution in [-0.2, 0) is 19.5 Å². The third-order valence-electron chi connectivity index (χ3n) is 4.68. The van der Waals surface area contributed by atoms with E-state index in [1.165, 1.54) is 0 Å². The van der Waals surface area contributed by atoms with Crippen LogP contribution < -0.4 is 10.4 Å². The predicted octanol–water partition coefficient (Wildman–Crippen LogP) is 4.75. The first-order valence-corrected chi connectivity index (χ1v) is 9.20. The highest BCUT2D eigenvalue weighted by molar-refractivity contribution is 6.30. The molecule has 0 atom stereocenters. The molecule has 4 rings (SSSR count). The quantitative estimate of drug-likeness (QED) is 0.622. The van der Waals surface area contributed by atoms with E-state index in [9.17, 15) is 4.79 Å². The maximum Gasteiger partial charge on any atom is 0.336 e. The molecule has 4 nitrogen and oxygen atoms in total. The minimum Gasteiger partial charge on any atom is -0.478 e. The standard InChI is InChI=1S/C21H20ClNO3/c1-2-3-15-10-20(24)26-21-17(15)8-9-19-18(21)12-23(13-25-19)11-14-4-6-16(22)7-5-14/h4-10H,2-3,11-13H2,1H3. The van der Waals surface area contributed by atoms with Crippen molar-refractivity contribution in [2.45, 2.75) is 32.9 Å². The fourth-order valence-corrected chi connectivity index (χ4v) is 3.60. The number of hydrogen-bond donors (Lipinski definition) is 0. The summed E-state index contributed by atoms with van der Waals surface area (Å²) in [4.78, 5) is 14.2.